The minimum atomic E-state index is -0.0795. The van der Waals surface area contributed by atoms with E-state index in [0.717, 1.165) is 0 Å². The summed E-state index contributed by atoms with van der Waals surface area (Å²) in [5, 5.41) is 0. The number of hydrogen-bond acceptors (Lipinski definition) is 3. The summed E-state index contributed by atoms with van der Waals surface area (Å²) < 4.78 is 0. The molecule has 0 unspecified atom stereocenters. The van der Waals surface area contributed by atoms with E-state index in [2.05, 4.69) is 4.99 Å². The summed E-state index contributed by atoms with van der Waals surface area (Å²) in [7, 11) is 1.63. The van der Waals surface area contributed by atoms with Gasteiger partial charge in [0.2, 0.25) is 5.91 Å². The van der Waals surface area contributed by atoms with Crippen LogP contribution in [-0.2, 0) is 4.79 Å². The van der Waals surface area contributed by atoms with Gasteiger partial charge in [-0.2, -0.15) is 0 Å². The van der Waals surface area contributed by atoms with E-state index in [-0.39, 0.29) is 11.7 Å². The summed E-state index contributed by atoms with van der Waals surface area (Å²) in [6, 6.07) is 6.90. The third-order valence-corrected chi connectivity index (χ3v) is 2.15. The zero-order valence-corrected chi connectivity index (χ0v) is 9.60. The van der Waals surface area contributed by atoms with Gasteiger partial charge < -0.3 is 4.90 Å². The molecule has 0 aliphatic carbocycles. The first-order valence-corrected chi connectivity index (χ1v) is 4.89. The van der Waals surface area contributed by atoms with Gasteiger partial charge in [-0.25, -0.2) is 4.99 Å². The van der Waals surface area contributed by atoms with Crippen molar-refractivity contribution in [3.05, 3.63) is 29.8 Å². The predicted molar refractivity (Wildman–Crippen MR) is 63.0 cm³/mol. The molecule has 0 aromatic heterocycles. The van der Waals surface area contributed by atoms with Gasteiger partial charge in [0.15, 0.2) is 5.78 Å². The molecule has 0 aliphatic rings. The first kappa shape index (κ1) is 12.1. The van der Waals surface area contributed by atoms with Gasteiger partial charge in [-0.3, -0.25) is 9.59 Å². The quantitative estimate of drug-likeness (QED) is 0.443. The van der Waals surface area contributed by atoms with Crippen molar-refractivity contribution in [3.8, 4) is 0 Å². The molecule has 1 aromatic carbocycles. The number of nitrogens with zero attached hydrogens (tertiary/aromatic N) is 2. The third-order valence-electron chi connectivity index (χ3n) is 2.15. The van der Waals surface area contributed by atoms with E-state index >= 15 is 0 Å². The molecule has 1 amide bonds. The monoisotopic (exact) mass is 218 g/mol. The van der Waals surface area contributed by atoms with Crippen molar-refractivity contribution in [2.24, 2.45) is 4.99 Å². The number of amides is 1. The first-order chi connectivity index (χ1) is 7.50. The molecule has 1 aromatic rings. The summed E-state index contributed by atoms with van der Waals surface area (Å²) in [5.74, 6) is -0.0551. The molecule has 0 aliphatic heterocycles. The van der Waals surface area contributed by atoms with E-state index in [1.54, 1.807) is 31.3 Å². The van der Waals surface area contributed by atoms with E-state index in [0.29, 0.717) is 11.3 Å². The molecule has 0 saturated carbocycles. The van der Waals surface area contributed by atoms with Crippen LogP contribution in [0.25, 0.3) is 0 Å². The highest BCUT2D eigenvalue weighted by molar-refractivity contribution is 5.94. The number of carbonyl (C=O) groups is 2. The van der Waals surface area contributed by atoms with Crippen molar-refractivity contribution in [1.29, 1.82) is 0 Å². The average Bonchev–Trinajstić information content (AvgIpc) is 2.26. The highest BCUT2D eigenvalue weighted by Crippen LogP contribution is 2.12. The molecule has 1 rings (SSSR count). The summed E-state index contributed by atoms with van der Waals surface area (Å²) in [4.78, 5) is 27.4. The van der Waals surface area contributed by atoms with Gasteiger partial charge in [0.05, 0.1) is 12.0 Å². The molecule has 4 heteroatoms. The highest BCUT2D eigenvalue weighted by Gasteiger charge is 1.99. The number of aliphatic imine (C=N–C) groups is 1. The van der Waals surface area contributed by atoms with Gasteiger partial charge in [0, 0.05) is 19.5 Å². The SMILES string of the molecule is CC(=O)c1ccc(N=CN(C)C(C)=O)cc1. The summed E-state index contributed by atoms with van der Waals surface area (Å²) in [6.45, 7) is 2.98. The number of carbonyl (C=O) groups excluding carboxylic acids is 2. The molecule has 16 heavy (non-hydrogen) atoms. The Balaban J connectivity index is 2.76. The summed E-state index contributed by atoms with van der Waals surface area (Å²) in [5.41, 5.74) is 1.36. The molecule has 0 atom stereocenters. The molecule has 84 valence electrons. The van der Waals surface area contributed by atoms with Gasteiger partial charge in [-0.1, -0.05) is 0 Å². The lowest BCUT2D eigenvalue weighted by atomic mass is 10.1. The van der Waals surface area contributed by atoms with Crippen LogP contribution in [0.15, 0.2) is 29.3 Å². The van der Waals surface area contributed by atoms with Crippen LogP contribution in [-0.4, -0.2) is 30.0 Å². The lowest BCUT2D eigenvalue weighted by Crippen LogP contribution is -2.21. The Bertz CT molecular complexity index is 421. The molecular weight excluding hydrogens is 204 g/mol. The Morgan fingerprint density at radius 3 is 2.19 bits per heavy atom. The van der Waals surface area contributed by atoms with Crippen molar-refractivity contribution < 1.29 is 9.59 Å². The molecule has 0 radical (unpaired) electrons. The van der Waals surface area contributed by atoms with E-state index in [4.69, 9.17) is 0 Å². The maximum Gasteiger partial charge on any atom is 0.224 e. The second kappa shape index (κ2) is 5.21. The minimum absolute atomic E-state index is 0.0244. The summed E-state index contributed by atoms with van der Waals surface area (Å²) in [6.07, 6.45) is 1.45. The fourth-order valence-corrected chi connectivity index (χ4v) is 1.02. The smallest absolute Gasteiger partial charge is 0.224 e. The van der Waals surface area contributed by atoms with Gasteiger partial charge in [-0.05, 0) is 31.2 Å². The van der Waals surface area contributed by atoms with Crippen LogP contribution in [0.2, 0.25) is 0 Å². The molecule has 0 saturated heterocycles. The van der Waals surface area contributed by atoms with Crippen LogP contribution < -0.4 is 0 Å². The lowest BCUT2D eigenvalue weighted by molar-refractivity contribution is -0.123. The summed E-state index contributed by atoms with van der Waals surface area (Å²) >= 11 is 0. The Morgan fingerprint density at radius 1 is 1.19 bits per heavy atom. The van der Waals surface area contributed by atoms with Crippen molar-refractivity contribution >= 4 is 23.7 Å². The van der Waals surface area contributed by atoms with E-state index in [1.165, 1.54) is 25.1 Å². The molecule has 0 spiro atoms. The number of benzene rings is 1. The van der Waals surface area contributed by atoms with Crippen molar-refractivity contribution in [3.63, 3.8) is 0 Å². The largest absolute Gasteiger partial charge is 0.306 e. The van der Waals surface area contributed by atoms with Crippen LogP contribution in [0, 0.1) is 0 Å². The maximum absolute atomic E-state index is 11.0. The van der Waals surface area contributed by atoms with E-state index < -0.39 is 0 Å². The fourth-order valence-electron chi connectivity index (χ4n) is 1.02. The maximum atomic E-state index is 11.0. The standard InChI is InChI=1S/C12H14N2O2/c1-9(15)11-4-6-12(7-5-11)13-8-14(3)10(2)16/h4-8H,1-3H3. The molecule has 4 nitrogen and oxygen atoms in total. The fraction of sp³-hybridized carbons (Fsp3) is 0.250. The first-order valence-electron chi connectivity index (χ1n) is 4.89. The topological polar surface area (TPSA) is 49.7 Å². The van der Waals surface area contributed by atoms with Crippen LogP contribution in [0.5, 0.6) is 0 Å². The van der Waals surface area contributed by atoms with Crippen LogP contribution in [0.1, 0.15) is 24.2 Å². The second-order valence-electron chi connectivity index (χ2n) is 3.48. The second-order valence-corrected chi connectivity index (χ2v) is 3.48. The molecule has 0 fully saturated rings. The number of ketones is 1. The molecule has 0 bridgehead atoms. The van der Waals surface area contributed by atoms with Crippen molar-refractivity contribution in [1.82, 2.24) is 4.90 Å². The van der Waals surface area contributed by atoms with Gasteiger partial charge in [0.25, 0.3) is 0 Å². The predicted octanol–water partition coefficient (Wildman–Crippen LogP) is 2.03. The molecular formula is C12H14N2O2. The third kappa shape index (κ3) is 3.31. The Morgan fingerprint density at radius 2 is 1.75 bits per heavy atom. The van der Waals surface area contributed by atoms with E-state index in [9.17, 15) is 9.59 Å². The van der Waals surface area contributed by atoms with Crippen LogP contribution >= 0.6 is 0 Å². The Hall–Kier alpha value is -1.97. The zero-order valence-electron chi connectivity index (χ0n) is 9.60. The van der Waals surface area contributed by atoms with Gasteiger partial charge in [0.1, 0.15) is 0 Å². The average molecular weight is 218 g/mol. The normalized spacial score (nSPS) is 10.4. The molecule has 0 heterocycles. The van der Waals surface area contributed by atoms with E-state index in [1.807, 2.05) is 0 Å². The van der Waals surface area contributed by atoms with Gasteiger partial charge in [-0.15, -0.1) is 0 Å². The van der Waals surface area contributed by atoms with Crippen LogP contribution in [0.4, 0.5) is 5.69 Å². The molecule has 0 N–H and O–H groups in total. The zero-order chi connectivity index (χ0) is 12.1. The van der Waals surface area contributed by atoms with Crippen molar-refractivity contribution in [2.75, 3.05) is 7.05 Å². The highest BCUT2D eigenvalue weighted by atomic mass is 16.2. The van der Waals surface area contributed by atoms with Gasteiger partial charge >= 0.3 is 0 Å². The Kier molecular flexibility index (Phi) is 3.94. The van der Waals surface area contributed by atoms with Crippen molar-refractivity contribution in [2.45, 2.75) is 13.8 Å². The minimum Gasteiger partial charge on any atom is -0.306 e. The Labute approximate surface area is 94.6 Å². The number of hydrogen-bond donors (Lipinski definition) is 0. The number of rotatable bonds is 3. The van der Waals surface area contributed by atoms with Crippen LogP contribution in [0.3, 0.4) is 0 Å². The number of Topliss-reactive ketones (excluding diaryl/α,β-unsaturated/α-hetero) is 1. The lowest BCUT2D eigenvalue weighted by Gasteiger charge is -2.06.